The molecule has 0 aromatic carbocycles. The third-order valence-electron chi connectivity index (χ3n) is 1.86. The summed E-state index contributed by atoms with van der Waals surface area (Å²) in [4.78, 5) is 2.25. The number of rotatable bonds is 7. The van der Waals surface area contributed by atoms with E-state index in [2.05, 4.69) is 36.3 Å². The van der Waals surface area contributed by atoms with Crippen LogP contribution in [-0.2, 0) is 0 Å². The quantitative estimate of drug-likeness (QED) is 0.608. The molecule has 0 radical (unpaired) electrons. The zero-order valence-corrected chi connectivity index (χ0v) is 8.87. The van der Waals surface area contributed by atoms with E-state index in [1.807, 2.05) is 6.92 Å². The molecule has 0 aliphatic rings. The van der Waals surface area contributed by atoms with E-state index >= 15 is 0 Å². The van der Waals surface area contributed by atoms with Gasteiger partial charge in [-0.2, -0.15) is 0 Å². The van der Waals surface area contributed by atoms with E-state index in [1.165, 1.54) is 0 Å². The maximum Gasteiger partial charge on any atom is 0.0102 e. The first kappa shape index (κ1) is 12.4. The van der Waals surface area contributed by atoms with Crippen LogP contribution in [-0.4, -0.2) is 31.6 Å². The summed E-state index contributed by atoms with van der Waals surface area (Å²) in [6.07, 6.45) is 10.8. The Labute approximate surface area is 82.1 Å². The Morgan fingerprint density at radius 2 is 1.92 bits per heavy atom. The summed E-state index contributed by atoms with van der Waals surface area (Å²) in [5.41, 5.74) is 5.43. The molecule has 76 valence electrons. The topological polar surface area (TPSA) is 29.3 Å². The van der Waals surface area contributed by atoms with Crippen LogP contribution in [0, 0.1) is 0 Å². The van der Waals surface area contributed by atoms with E-state index in [1.54, 1.807) is 0 Å². The molecule has 0 atom stereocenters. The first-order valence-corrected chi connectivity index (χ1v) is 4.96. The van der Waals surface area contributed by atoms with Crippen molar-refractivity contribution in [3.8, 4) is 0 Å². The van der Waals surface area contributed by atoms with Gasteiger partial charge in [-0.15, -0.1) is 0 Å². The summed E-state index contributed by atoms with van der Waals surface area (Å²) in [5, 5.41) is 0. The van der Waals surface area contributed by atoms with Gasteiger partial charge in [0, 0.05) is 19.6 Å². The van der Waals surface area contributed by atoms with Gasteiger partial charge >= 0.3 is 0 Å². The van der Waals surface area contributed by atoms with Crippen molar-refractivity contribution in [2.24, 2.45) is 5.73 Å². The van der Waals surface area contributed by atoms with Crippen molar-refractivity contribution in [3.63, 3.8) is 0 Å². The normalized spacial score (nSPS) is 12.3. The van der Waals surface area contributed by atoms with Gasteiger partial charge in [0.05, 0.1) is 0 Å². The molecular formula is C11H22N2. The van der Waals surface area contributed by atoms with Gasteiger partial charge in [-0.05, 0) is 26.8 Å². The monoisotopic (exact) mass is 182 g/mol. The van der Waals surface area contributed by atoms with Crippen LogP contribution in [0.15, 0.2) is 24.3 Å². The van der Waals surface area contributed by atoms with Crippen LogP contribution in [0.2, 0.25) is 0 Å². The van der Waals surface area contributed by atoms with Crippen molar-refractivity contribution in [1.29, 1.82) is 0 Å². The first-order valence-electron chi connectivity index (χ1n) is 4.96. The van der Waals surface area contributed by atoms with Crippen molar-refractivity contribution < 1.29 is 0 Å². The number of allylic oxidation sites excluding steroid dienone is 3. The van der Waals surface area contributed by atoms with Gasteiger partial charge in [0.25, 0.3) is 0 Å². The molecule has 0 heterocycles. The van der Waals surface area contributed by atoms with E-state index in [0.717, 1.165) is 32.5 Å². The lowest BCUT2D eigenvalue weighted by Crippen LogP contribution is -2.26. The molecule has 2 N–H and O–H groups in total. The third-order valence-corrected chi connectivity index (χ3v) is 1.86. The van der Waals surface area contributed by atoms with Gasteiger partial charge in [0.15, 0.2) is 0 Å². The molecule has 2 heteroatoms. The Kier molecular flexibility index (Phi) is 9.05. The van der Waals surface area contributed by atoms with Gasteiger partial charge in [-0.25, -0.2) is 0 Å². The fourth-order valence-corrected chi connectivity index (χ4v) is 1.06. The second-order valence-corrected chi connectivity index (χ2v) is 3.16. The Morgan fingerprint density at radius 1 is 1.15 bits per heavy atom. The summed E-state index contributed by atoms with van der Waals surface area (Å²) >= 11 is 0. The lowest BCUT2D eigenvalue weighted by molar-refractivity contribution is 0.350. The lowest BCUT2D eigenvalue weighted by Gasteiger charge is -2.13. The molecule has 0 aliphatic heterocycles. The Balaban J connectivity index is 3.27. The lowest BCUT2D eigenvalue weighted by atomic mass is 10.3. The largest absolute Gasteiger partial charge is 0.329 e. The fraction of sp³-hybridized carbons (Fsp3) is 0.636. The second kappa shape index (κ2) is 9.49. The average Bonchev–Trinajstić information content (AvgIpc) is 2.11. The predicted octanol–water partition coefficient (Wildman–Crippen LogP) is 1.79. The van der Waals surface area contributed by atoms with Crippen LogP contribution in [0.25, 0.3) is 0 Å². The van der Waals surface area contributed by atoms with Crippen LogP contribution in [0.3, 0.4) is 0 Å². The molecule has 0 spiro atoms. The maximum absolute atomic E-state index is 5.43. The molecule has 0 aliphatic carbocycles. The van der Waals surface area contributed by atoms with Gasteiger partial charge in [-0.1, -0.05) is 24.3 Å². The number of hydrogen-bond acceptors (Lipinski definition) is 2. The minimum Gasteiger partial charge on any atom is -0.329 e. The standard InChI is InChI=1S/C11H22N2/c1-3-4-5-6-7-8-10-13(2)11-9-12/h3-4,6-7H,5,8-12H2,1-2H3. The van der Waals surface area contributed by atoms with Crippen molar-refractivity contribution >= 4 is 0 Å². The smallest absolute Gasteiger partial charge is 0.0102 e. The predicted molar refractivity (Wildman–Crippen MR) is 59.7 cm³/mol. The number of nitrogens with two attached hydrogens (primary N) is 1. The molecule has 0 amide bonds. The molecule has 0 bridgehead atoms. The highest BCUT2D eigenvalue weighted by molar-refractivity contribution is 4.91. The molecule has 0 aromatic rings. The summed E-state index contributed by atoms with van der Waals surface area (Å²) in [6.45, 7) is 4.88. The summed E-state index contributed by atoms with van der Waals surface area (Å²) in [7, 11) is 2.10. The van der Waals surface area contributed by atoms with Gasteiger partial charge in [0.2, 0.25) is 0 Å². The Hall–Kier alpha value is -0.600. The van der Waals surface area contributed by atoms with Crippen molar-refractivity contribution in [1.82, 2.24) is 4.90 Å². The second-order valence-electron chi connectivity index (χ2n) is 3.16. The van der Waals surface area contributed by atoms with E-state index < -0.39 is 0 Å². The zero-order chi connectivity index (χ0) is 9.94. The Morgan fingerprint density at radius 3 is 2.54 bits per heavy atom. The van der Waals surface area contributed by atoms with Crippen LogP contribution >= 0.6 is 0 Å². The van der Waals surface area contributed by atoms with Crippen molar-refractivity contribution in [2.45, 2.75) is 19.8 Å². The molecule has 0 saturated heterocycles. The zero-order valence-electron chi connectivity index (χ0n) is 8.87. The highest BCUT2D eigenvalue weighted by Gasteiger charge is 1.92. The molecule has 0 aromatic heterocycles. The molecule has 0 saturated carbocycles. The molecule has 0 fully saturated rings. The molecule has 2 nitrogen and oxygen atoms in total. The highest BCUT2D eigenvalue weighted by atomic mass is 15.1. The average molecular weight is 182 g/mol. The SMILES string of the molecule is CC=CCC=CCCN(C)CCN. The minimum absolute atomic E-state index is 0.749. The highest BCUT2D eigenvalue weighted by Crippen LogP contribution is 1.91. The summed E-state index contributed by atoms with van der Waals surface area (Å²) in [6, 6.07) is 0. The maximum atomic E-state index is 5.43. The van der Waals surface area contributed by atoms with Crippen molar-refractivity contribution in [2.75, 3.05) is 26.7 Å². The van der Waals surface area contributed by atoms with E-state index in [-0.39, 0.29) is 0 Å². The van der Waals surface area contributed by atoms with Gasteiger partial charge in [-0.3, -0.25) is 0 Å². The molecule has 0 unspecified atom stereocenters. The fourth-order valence-electron chi connectivity index (χ4n) is 1.06. The number of likely N-dealkylation sites (N-methyl/N-ethyl adjacent to an activating group) is 1. The van der Waals surface area contributed by atoms with Crippen LogP contribution in [0.5, 0.6) is 0 Å². The number of hydrogen-bond donors (Lipinski definition) is 1. The van der Waals surface area contributed by atoms with Gasteiger partial charge < -0.3 is 10.6 Å². The van der Waals surface area contributed by atoms with E-state index in [0.29, 0.717) is 0 Å². The summed E-state index contributed by atoms with van der Waals surface area (Å²) < 4.78 is 0. The number of nitrogens with zero attached hydrogens (tertiary/aromatic N) is 1. The van der Waals surface area contributed by atoms with Crippen LogP contribution in [0.4, 0.5) is 0 Å². The molecule has 13 heavy (non-hydrogen) atoms. The van der Waals surface area contributed by atoms with Crippen LogP contribution < -0.4 is 5.73 Å². The van der Waals surface area contributed by atoms with Crippen molar-refractivity contribution in [3.05, 3.63) is 24.3 Å². The minimum atomic E-state index is 0.749. The first-order chi connectivity index (χ1) is 6.31. The molecule has 0 rings (SSSR count). The third kappa shape index (κ3) is 9.31. The summed E-state index contributed by atoms with van der Waals surface area (Å²) in [5.74, 6) is 0. The van der Waals surface area contributed by atoms with E-state index in [4.69, 9.17) is 5.73 Å². The molecular weight excluding hydrogens is 160 g/mol. The van der Waals surface area contributed by atoms with E-state index in [9.17, 15) is 0 Å². The Bertz CT molecular complexity index is 150. The van der Waals surface area contributed by atoms with Gasteiger partial charge in [0.1, 0.15) is 0 Å². The van der Waals surface area contributed by atoms with Crippen LogP contribution in [0.1, 0.15) is 19.8 Å².